The van der Waals surface area contributed by atoms with Crippen molar-refractivity contribution in [2.45, 2.75) is 38.5 Å². The van der Waals surface area contributed by atoms with E-state index < -0.39 is 0 Å². The van der Waals surface area contributed by atoms with Crippen LogP contribution in [0, 0.1) is 5.92 Å². The van der Waals surface area contributed by atoms with Gasteiger partial charge in [0.05, 0.1) is 0 Å². The molecule has 3 N–H and O–H groups in total. The van der Waals surface area contributed by atoms with E-state index in [1.165, 1.54) is 50.1 Å². The molecule has 0 radical (unpaired) electrons. The molecule has 0 unspecified atom stereocenters. The zero-order valence-corrected chi connectivity index (χ0v) is 9.85. The van der Waals surface area contributed by atoms with Crippen LogP contribution in [-0.4, -0.2) is 10.9 Å². The van der Waals surface area contributed by atoms with Crippen molar-refractivity contribution in [3.63, 3.8) is 0 Å². The third-order valence-corrected chi connectivity index (χ3v) is 3.87. The lowest BCUT2D eigenvalue weighted by Gasteiger charge is -2.21. The van der Waals surface area contributed by atoms with Crippen LogP contribution in [0.15, 0.2) is 6.07 Å². The number of aromatic nitrogens is 1. The van der Waals surface area contributed by atoms with Gasteiger partial charge in [0.15, 0.2) is 0 Å². The number of nitrogens with zero attached hydrogens (tertiary/aromatic N) is 1. The smallest absolute Gasteiger partial charge is 0.139 e. The summed E-state index contributed by atoms with van der Waals surface area (Å²) in [7, 11) is 0. The Balaban J connectivity index is 1.65. The van der Waals surface area contributed by atoms with E-state index in [1.807, 2.05) is 6.07 Å². The molecular formula is C11H19N3S. The highest BCUT2D eigenvalue weighted by Gasteiger charge is 2.12. The first-order chi connectivity index (χ1) is 7.34. The first kappa shape index (κ1) is 10.7. The van der Waals surface area contributed by atoms with Crippen molar-refractivity contribution < 1.29 is 0 Å². The highest BCUT2D eigenvalue weighted by molar-refractivity contribution is 7.10. The predicted molar refractivity (Wildman–Crippen MR) is 66.2 cm³/mol. The summed E-state index contributed by atoms with van der Waals surface area (Å²) in [6.45, 7) is 1.06. The molecular weight excluding hydrogens is 206 g/mol. The van der Waals surface area contributed by atoms with Gasteiger partial charge in [-0.25, -0.2) is 0 Å². The standard InChI is InChI=1S/C11H19N3S/c12-10-8-11(15-14-10)13-7-6-9-4-2-1-3-5-9/h8-9,13H,1-7H2,(H2,12,14). The van der Waals surface area contributed by atoms with Crippen LogP contribution in [0.5, 0.6) is 0 Å². The van der Waals surface area contributed by atoms with Crippen molar-refractivity contribution in [1.29, 1.82) is 0 Å². The predicted octanol–water partition coefficient (Wildman–Crippen LogP) is 3.11. The molecule has 1 fully saturated rings. The van der Waals surface area contributed by atoms with Gasteiger partial charge in [0.1, 0.15) is 10.8 Å². The maximum atomic E-state index is 5.55. The summed E-state index contributed by atoms with van der Waals surface area (Å²) in [6.07, 6.45) is 8.43. The van der Waals surface area contributed by atoms with Crippen LogP contribution < -0.4 is 11.1 Å². The van der Waals surface area contributed by atoms with Gasteiger partial charge in [-0.3, -0.25) is 0 Å². The van der Waals surface area contributed by atoms with Crippen LogP contribution in [0.1, 0.15) is 38.5 Å². The Morgan fingerprint density at radius 1 is 1.40 bits per heavy atom. The molecule has 0 bridgehead atoms. The zero-order chi connectivity index (χ0) is 10.5. The third-order valence-electron chi connectivity index (χ3n) is 3.10. The molecule has 0 saturated heterocycles. The highest BCUT2D eigenvalue weighted by Crippen LogP contribution is 2.26. The number of nitrogen functional groups attached to an aromatic ring is 1. The molecule has 0 aliphatic heterocycles. The van der Waals surface area contributed by atoms with Gasteiger partial charge < -0.3 is 11.1 Å². The van der Waals surface area contributed by atoms with Gasteiger partial charge in [0.25, 0.3) is 0 Å². The average molecular weight is 225 g/mol. The van der Waals surface area contributed by atoms with E-state index in [4.69, 9.17) is 5.73 Å². The summed E-state index contributed by atoms with van der Waals surface area (Å²) < 4.78 is 4.04. The zero-order valence-electron chi connectivity index (χ0n) is 9.04. The van der Waals surface area contributed by atoms with Crippen LogP contribution in [0.25, 0.3) is 0 Å². The van der Waals surface area contributed by atoms with Crippen molar-refractivity contribution in [1.82, 2.24) is 4.37 Å². The lowest BCUT2D eigenvalue weighted by molar-refractivity contribution is 0.345. The molecule has 84 valence electrons. The summed E-state index contributed by atoms with van der Waals surface area (Å²) in [5.74, 6) is 1.57. The molecule has 1 aliphatic carbocycles. The molecule has 1 saturated carbocycles. The number of rotatable bonds is 4. The molecule has 0 atom stereocenters. The Labute approximate surface area is 95.2 Å². The number of hydrogen-bond acceptors (Lipinski definition) is 4. The molecule has 0 aromatic carbocycles. The van der Waals surface area contributed by atoms with Crippen LogP contribution in [-0.2, 0) is 0 Å². The second-order valence-corrected chi connectivity index (χ2v) is 5.14. The second kappa shape index (κ2) is 5.35. The minimum Gasteiger partial charge on any atom is -0.383 e. The van der Waals surface area contributed by atoms with Crippen molar-refractivity contribution >= 4 is 22.4 Å². The fraction of sp³-hybridized carbons (Fsp3) is 0.727. The highest BCUT2D eigenvalue weighted by atomic mass is 32.1. The maximum Gasteiger partial charge on any atom is 0.139 e. The molecule has 0 spiro atoms. The topological polar surface area (TPSA) is 50.9 Å². The fourth-order valence-electron chi connectivity index (χ4n) is 2.25. The Kier molecular flexibility index (Phi) is 3.83. The summed E-state index contributed by atoms with van der Waals surface area (Å²) in [5, 5.41) is 4.49. The van der Waals surface area contributed by atoms with Crippen LogP contribution in [0.2, 0.25) is 0 Å². The van der Waals surface area contributed by atoms with E-state index >= 15 is 0 Å². The van der Waals surface area contributed by atoms with E-state index in [-0.39, 0.29) is 0 Å². The average Bonchev–Trinajstić information content (AvgIpc) is 2.66. The molecule has 2 rings (SSSR count). The second-order valence-electron chi connectivity index (χ2n) is 4.34. The number of anilines is 2. The number of nitrogens with two attached hydrogens (primary N) is 1. The lowest BCUT2D eigenvalue weighted by Crippen LogP contribution is -2.11. The minimum absolute atomic E-state index is 0.625. The van der Waals surface area contributed by atoms with Gasteiger partial charge in [0.2, 0.25) is 0 Å². The Morgan fingerprint density at radius 3 is 2.87 bits per heavy atom. The van der Waals surface area contributed by atoms with Crippen LogP contribution in [0.3, 0.4) is 0 Å². The SMILES string of the molecule is Nc1cc(NCCC2CCCCC2)sn1. The summed E-state index contributed by atoms with van der Waals surface area (Å²) >= 11 is 1.45. The van der Waals surface area contributed by atoms with Crippen molar-refractivity contribution in [3.8, 4) is 0 Å². The van der Waals surface area contributed by atoms with E-state index in [0.29, 0.717) is 5.82 Å². The molecule has 1 aromatic heterocycles. The van der Waals surface area contributed by atoms with Crippen molar-refractivity contribution in [3.05, 3.63) is 6.07 Å². The molecule has 3 nitrogen and oxygen atoms in total. The van der Waals surface area contributed by atoms with E-state index in [0.717, 1.165) is 17.5 Å². The summed E-state index contributed by atoms with van der Waals surface area (Å²) in [6, 6.07) is 1.91. The van der Waals surface area contributed by atoms with Crippen LogP contribution in [0.4, 0.5) is 10.8 Å². The first-order valence-electron chi connectivity index (χ1n) is 5.80. The largest absolute Gasteiger partial charge is 0.383 e. The summed E-state index contributed by atoms with van der Waals surface area (Å²) in [5.41, 5.74) is 5.55. The van der Waals surface area contributed by atoms with Crippen LogP contribution >= 0.6 is 11.5 Å². The minimum atomic E-state index is 0.625. The fourth-order valence-corrected chi connectivity index (χ4v) is 2.84. The molecule has 0 amide bonds. The quantitative estimate of drug-likeness (QED) is 0.828. The van der Waals surface area contributed by atoms with Gasteiger partial charge in [-0.1, -0.05) is 32.1 Å². The summed E-state index contributed by atoms with van der Waals surface area (Å²) in [4.78, 5) is 0. The Hall–Kier alpha value is -0.770. The van der Waals surface area contributed by atoms with E-state index in [2.05, 4.69) is 9.69 Å². The van der Waals surface area contributed by atoms with Gasteiger partial charge in [-0.05, 0) is 23.9 Å². The lowest BCUT2D eigenvalue weighted by atomic mass is 9.87. The van der Waals surface area contributed by atoms with E-state index in [1.54, 1.807) is 0 Å². The van der Waals surface area contributed by atoms with Gasteiger partial charge in [-0.15, -0.1) is 0 Å². The van der Waals surface area contributed by atoms with Gasteiger partial charge in [-0.2, -0.15) is 4.37 Å². The molecule has 1 heterocycles. The van der Waals surface area contributed by atoms with Gasteiger partial charge >= 0.3 is 0 Å². The number of nitrogens with one attached hydrogen (secondary N) is 1. The Morgan fingerprint density at radius 2 is 2.20 bits per heavy atom. The molecule has 4 heteroatoms. The van der Waals surface area contributed by atoms with Gasteiger partial charge in [0, 0.05) is 12.6 Å². The normalized spacial score (nSPS) is 17.9. The molecule has 15 heavy (non-hydrogen) atoms. The van der Waals surface area contributed by atoms with Crippen molar-refractivity contribution in [2.24, 2.45) is 5.92 Å². The Bertz CT molecular complexity index is 292. The van der Waals surface area contributed by atoms with E-state index in [9.17, 15) is 0 Å². The molecule has 1 aromatic rings. The first-order valence-corrected chi connectivity index (χ1v) is 6.58. The third kappa shape index (κ3) is 3.38. The number of hydrogen-bond donors (Lipinski definition) is 2. The van der Waals surface area contributed by atoms with Crippen molar-refractivity contribution in [2.75, 3.05) is 17.6 Å². The molecule has 1 aliphatic rings. The maximum absolute atomic E-state index is 5.55. The monoisotopic (exact) mass is 225 g/mol.